The number of aromatic nitrogens is 1. The Morgan fingerprint density at radius 3 is 2.67 bits per heavy atom. The van der Waals surface area contributed by atoms with Crippen molar-refractivity contribution in [2.45, 2.75) is 20.8 Å². The van der Waals surface area contributed by atoms with E-state index in [0.29, 0.717) is 11.3 Å². The van der Waals surface area contributed by atoms with Crippen LogP contribution in [0.1, 0.15) is 29.9 Å². The van der Waals surface area contributed by atoms with Crippen LogP contribution in [0.25, 0.3) is 0 Å². The first-order valence-corrected chi connectivity index (χ1v) is 5.47. The first-order chi connectivity index (χ1) is 7.02. The van der Waals surface area contributed by atoms with E-state index in [1.807, 2.05) is 0 Å². The van der Waals surface area contributed by atoms with E-state index < -0.39 is 5.97 Å². The Labute approximate surface area is 92.4 Å². The monoisotopic (exact) mass is 227 g/mol. The molecule has 1 rings (SSSR count). The first kappa shape index (κ1) is 11.8. The maximum Gasteiger partial charge on any atom is 0.341 e. The van der Waals surface area contributed by atoms with Crippen molar-refractivity contribution in [1.29, 1.82) is 0 Å². The van der Waals surface area contributed by atoms with Gasteiger partial charge in [-0.2, -0.15) is 4.37 Å². The van der Waals surface area contributed by atoms with Crippen molar-refractivity contribution in [2.24, 2.45) is 5.92 Å². The summed E-state index contributed by atoms with van der Waals surface area (Å²) in [6.45, 7) is 5.12. The van der Waals surface area contributed by atoms with Crippen LogP contribution < -0.4 is 0 Å². The molecule has 0 fully saturated rings. The zero-order valence-electron chi connectivity index (χ0n) is 8.94. The number of esters is 1. The lowest BCUT2D eigenvalue weighted by atomic mass is 10.1. The molecule has 0 amide bonds. The minimum Gasteiger partial charge on any atom is -0.454 e. The van der Waals surface area contributed by atoms with Crippen LogP contribution in [0, 0.1) is 12.8 Å². The predicted molar refractivity (Wildman–Crippen MR) is 57.0 cm³/mol. The second-order valence-electron chi connectivity index (χ2n) is 3.51. The Balaban J connectivity index is 2.51. The molecular formula is C10H13NO3S. The van der Waals surface area contributed by atoms with Crippen LogP contribution in [-0.4, -0.2) is 22.7 Å². The summed E-state index contributed by atoms with van der Waals surface area (Å²) in [6, 6.07) is 0. The van der Waals surface area contributed by atoms with Crippen LogP contribution in [0.2, 0.25) is 0 Å². The first-order valence-electron chi connectivity index (χ1n) is 4.63. The molecule has 0 unspecified atom stereocenters. The third-order valence-electron chi connectivity index (χ3n) is 1.96. The zero-order valence-corrected chi connectivity index (χ0v) is 9.76. The molecule has 0 spiro atoms. The molecule has 4 nitrogen and oxygen atoms in total. The number of aryl methyl sites for hydroxylation is 1. The summed E-state index contributed by atoms with van der Waals surface area (Å²) in [4.78, 5) is 22.7. The molecule has 0 aromatic carbocycles. The van der Waals surface area contributed by atoms with Gasteiger partial charge < -0.3 is 4.74 Å². The number of hydrogen-bond acceptors (Lipinski definition) is 5. The average Bonchev–Trinajstić information content (AvgIpc) is 2.60. The predicted octanol–water partition coefficient (Wildman–Crippen LogP) is 1.83. The Morgan fingerprint density at radius 2 is 2.20 bits per heavy atom. The normalized spacial score (nSPS) is 10.4. The Bertz CT molecular complexity index is 370. The lowest BCUT2D eigenvalue weighted by Gasteiger charge is -2.05. The fourth-order valence-corrected chi connectivity index (χ4v) is 1.55. The zero-order chi connectivity index (χ0) is 11.4. The van der Waals surface area contributed by atoms with E-state index in [9.17, 15) is 9.59 Å². The van der Waals surface area contributed by atoms with Crippen molar-refractivity contribution in [2.75, 3.05) is 6.61 Å². The van der Waals surface area contributed by atoms with Gasteiger partial charge in [-0.3, -0.25) is 4.79 Å². The van der Waals surface area contributed by atoms with Crippen LogP contribution >= 0.6 is 11.5 Å². The molecule has 0 aliphatic carbocycles. The SMILES string of the molecule is Cc1nscc1C(=O)OCC(=O)C(C)C. The molecule has 0 N–H and O–H groups in total. The van der Waals surface area contributed by atoms with E-state index >= 15 is 0 Å². The number of Topliss-reactive ketones (excluding diaryl/α,β-unsaturated/α-hetero) is 1. The summed E-state index contributed by atoms with van der Waals surface area (Å²) in [6.07, 6.45) is 0. The third-order valence-corrected chi connectivity index (χ3v) is 2.68. The molecule has 0 bridgehead atoms. The largest absolute Gasteiger partial charge is 0.454 e. The van der Waals surface area contributed by atoms with Gasteiger partial charge in [-0.25, -0.2) is 4.79 Å². The molecule has 1 aromatic heterocycles. The van der Waals surface area contributed by atoms with E-state index in [4.69, 9.17) is 4.74 Å². The number of nitrogens with zero attached hydrogens (tertiary/aromatic N) is 1. The highest BCUT2D eigenvalue weighted by Crippen LogP contribution is 2.10. The molecule has 1 heterocycles. The van der Waals surface area contributed by atoms with Crippen LogP contribution in [0.5, 0.6) is 0 Å². The summed E-state index contributed by atoms with van der Waals surface area (Å²) >= 11 is 1.20. The van der Waals surface area contributed by atoms with Crippen LogP contribution in [0.3, 0.4) is 0 Å². The number of ketones is 1. The Hall–Kier alpha value is -1.23. The Morgan fingerprint density at radius 1 is 1.53 bits per heavy atom. The minimum atomic E-state index is -0.477. The molecule has 1 aromatic rings. The maximum absolute atomic E-state index is 11.4. The summed E-state index contributed by atoms with van der Waals surface area (Å²) in [5, 5.41) is 1.62. The van der Waals surface area contributed by atoms with Gasteiger partial charge in [0, 0.05) is 11.3 Å². The van der Waals surface area contributed by atoms with Gasteiger partial charge in [0.25, 0.3) is 0 Å². The maximum atomic E-state index is 11.4. The molecule has 0 atom stereocenters. The molecule has 0 saturated heterocycles. The van der Waals surface area contributed by atoms with E-state index in [2.05, 4.69) is 4.37 Å². The molecule has 0 aliphatic rings. The Kier molecular flexibility index (Phi) is 3.96. The van der Waals surface area contributed by atoms with Gasteiger partial charge >= 0.3 is 5.97 Å². The summed E-state index contributed by atoms with van der Waals surface area (Å²) < 4.78 is 8.82. The number of rotatable bonds is 4. The van der Waals surface area contributed by atoms with Gasteiger partial charge in [0.05, 0.1) is 11.3 Å². The lowest BCUT2D eigenvalue weighted by Crippen LogP contribution is -2.18. The van der Waals surface area contributed by atoms with Crippen LogP contribution in [0.4, 0.5) is 0 Å². The molecule has 0 radical (unpaired) electrons. The molecule has 0 saturated carbocycles. The highest BCUT2D eigenvalue weighted by molar-refractivity contribution is 7.03. The van der Waals surface area contributed by atoms with E-state index in [1.54, 1.807) is 26.2 Å². The van der Waals surface area contributed by atoms with Crippen LogP contribution in [-0.2, 0) is 9.53 Å². The van der Waals surface area contributed by atoms with E-state index in [-0.39, 0.29) is 18.3 Å². The molecule has 0 aliphatic heterocycles. The van der Waals surface area contributed by atoms with Gasteiger partial charge in [0.1, 0.15) is 0 Å². The van der Waals surface area contributed by atoms with Crippen molar-refractivity contribution in [3.8, 4) is 0 Å². The standard InChI is InChI=1S/C10H13NO3S/c1-6(2)9(12)4-14-10(13)8-5-15-11-7(8)3/h5-6H,4H2,1-3H3. The number of carbonyl (C=O) groups excluding carboxylic acids is 2. The van der Waals surface area contributed by atoms with Crippen molar-refractivity contribution in [1.82, 2.24) is 4.37 Å². The summed E-state index contributed by atoms with van der Waals surface area (Å²) in [5.41, 5.74) is 1.08. The van der Waals surface area contributed by atoms with Crippen molar-refractivity contribution >= 4 is 23.3 Å². The van der Waals surface area contributed by atoms with Crippen molar-refractivity contribution < 1.29 is 14.3 Å². The number of ether oxygens (including phenoxy) is 1. The van der Waals surface area contributed by atoms with E-state index in [1.165, 1.54) is 11.5 Å². The second-order valence-corrected chi connectivity index (χ2v) is 4.14. The fourth-order valence-electron chi connectivity index (χ4n) is 0.869. The van der Waals surface area contributed by atoms with Crippen molar-refractivity contribution in [3.05, 3.63) is 16.6 Å². The molecular weight excluding hydrogens is 214 g/mol. The highest BCUT2D eigenvalue weighted by Gasteiger charge is 2.15. The highest BCUT2D eigenvalue weighted by atomic mass is 32.1. The summed E-state index contributed by atoms with van der Waals surface area (Å²) in [7, 11) is 0. The molecule has 15 heavy (non-hydrogen) atoms. The van der Waals surface area contributed by atoms with Crippen LogP contribution in [0.15, 0.2) is 5.38 Å². The summed E-state index contributed by atoms with van der Waals surface area (Å²) in [5.74, 6) is -0.668. The van der Waals surface area contributed by atoms with Gasteiger partial charge in [-0.1, -0.05) is 13.8 Å². The number of carbonyl (C=O) groups is 2. The molecule has 82 valence electrons. The third kappa shape index (κ3) is 3.13. The molecule has 5 heteroatoms. The van der Waals surface area contributed by atoms with Gasteiger partial charge in [-0.15, -0.1) is 0 Å². The van der Waals surface area contributed by atoms with Gasteiger partial charge in [0.15, 0.2) is 12.4 Å². The second kappa shape index (κ2) is 5.02. The average molecular weight is 227 g/mol. The lowest BCUT2D eigenvalue weighted by molar-refractivity contribution is -0.125. The number of hydrogen-bond donors (Lipinski definition) is 0. The fraction of sp³-hybridized carbons (Fsp3) is 0.500. The van der Waals surface area contributed by atoms with Gasteiger partial charge in [0.2, 0.25) is 0 Å². The van der Waals surface area contributed by atoms with Crippen molar-refractivity contribution in [3.63, 3.8) is 0 Å². The minimum absolute atomic E-state index is 0.0795. The quantitative estimate of drug-likeness (QED) is 0.736. The topological polar surface area (TPSA) is 56.3 Å². The smallest absolute Gasteiger partial charge is 0.341 e. The van der Waals surface area contributed by atoms with E-state index in [0.717, 1.165) is 0 Å². The van der Waals surface area contributed by atoms with Gasteiger partial charge in [-0.05, 0) is 18.5 Å².